The molecule has 16 heavy (non-hydrogen) atoms. The van der Waals surface area contributed by atoms with Gasteiger partial charge in [-0.05, 0) is 6.92 Å². The quantitative estimate of drug-likeness (QED) is 0.559. The second kappa shape index (κ2) is 3.82. The minimum Gasteiger partial charge on any atom is -0.170 e. The zero-order valence-electron chi connectivity index (χ0n) is 8.58. The lowest BCUT2D eigenvalue weighted by atomic mass is 9.80. The summed E-state index contributed by atoms with van der Waals surface area (Å²) in [5.74, 6) is -3.65. The number of hydrogen-bond donors (Lipinski definition) is 0. The van der Waals surface area contributed by atoms with Crippen molar-refractivity contribution in [3.05, 3.63) is 23.3 Å². The minimum absolute atomic E-state index is 0.00671. The molecule has 92 valence electrons. The summed E-state index contributed by atoms with van der Waals surface area (Å²) in [6.45, 7) is 2.18. The molecule has 1 rings (SSSR count). The molecule has 0 aromatic carbocycles. The van der Waals surface area contributed by atoms with E-state index in [4.69, 9.17) is 0 Å². The van der Waals surface area contributed by atoms with Crippen molar-refractivity contribution in [2.45, 2.75) is 26.2 Å². The van der Waals surface area contributed by atoms with Crippen molar-refractivity contribution in [2.75, 3.05) is 0 Å². The van der Waals surface area contributed by atoms with Crippen LogP contribution in [-0.2, 0) is 0 Å². The topological polar surface area (TPSA) is 0 Å². The molecule has 2 unspecified atom stereocenters. The third-order valence-corrected chi connectivity index (χ3v) is 2.56. The fraction of sp³-hybridized carbons (Fsp3) is 0.600. The number of allylic oxidation sites excluding steroid dienone is 4. The van der Waals surface area contributed by atoms with Crippen LogP contribution in [-0.4, -0.2) is 12.4 Å². The predicted octanol–water partition coefficient (Wildman–Crippen LogP) is 4.25. The van der Waals surface area contributed by atoms with Crippen LogP contribution in [0.4, 0.5) is 26.3 Å². The van der Waals surface area contributed by atoms with Crippen molar-refractivity contribution in [3.8, 4) is 0 Å². The Kier molecular flexibility index (Phi) is 3.13. The number of hydrogen-bond acceptors (Lipinski definition) is 0. The second-order valence-electron chi connectivity index (χ2n) is 3.86. The van der Waals surface area contributed by atoms with Gasteiger partial charge in [0.05, 0.1) is 5.92 Å². The molecule has 1 aliphatic carbocycles. The molecule has 0 fully saturated rings. The van der Waals surface area contributed by atoms with Gasteiger partial charge >= 0.3 is 12.4 Å². The van der Waals surface area contributed by atoms with Crippen LogP contribution < -0.4 is 0 Å². The van der Waals surface area contributed by atoms with E-state index < -0.39 is 29.8 Å². The van der Waals surface area contributed by atoms with Crippen molar-refractivity contribution in [3.63, 3.8) is 0 Å². The van der Waals surface area contributed by atoms with Crippen molar-refractivity contribution in [1.82, 2.24) is 0 Å². The third-order valence-electron chi connectivity index (χ3n) is 2.56. The van der Waals surface area contributed by atoms with Gasteiger partial charge in [-0.2, -0.15) is 26.3 Å². The van der Waals surface area contributed by atoms with Gasteiger partial charge in [-0.25, -0.2) is 0 Å². The molecule has 0 amide bonds. The van der Waals surface area contributed by atoms with Gasteiger partial charge < -0.3 is 0 Å². The highest BCUT2D eigenvalue weighted by Gasteiger charge is 2.49. The molecule has 0 spiro atoms. The summed E-state index contributed by atoms with van der Waals surface area (Å²) in [4.78, 5) is 0. The van der Waals surface area contributed by atoms with E-state index in [1.54, 1.807) is 0 Å². The first-order valence-electron chi connectivity index (χ1n) is 4.57. The summed E-state index contributed by atoms with van der Waals surface area (Å²) in [7, 11) is 0. The SMILES string of the molecule is CC1=CC(C(F)(F)F)C(C)C(C(F)(F)F)=C1. The Labute approximate surface area is 88.6 Å². The van der Waals surface area contributed by atoms with Crippen molar-refractivity contribution < 1.29 is 26.3 Å². The molecule has 0 saturated heterocycles. The molecule has 0 bridgehead atoms. The highest BCUT2D eigenvalue weighted by atomic mass is 19.4. The highest BCUT2D eigenvalue weighted by Crippen LogP contribution is 2.45. The van der Waals surface area contributed by atoms with E-state index in [0.29, 0.717) is 0 Å². The number of halogens is 6. The Morgan fingerprint density at radius 3 is 1.94 bits per heavy atom. The maximum Gasteiger partial charge on any atom is 0.412 e. The fourth-order valence-corrected chi connectivity index (χ4v) is 1.76. The maximum absolute atomic E-state index is 12.5. The summed E-state index contributed by atoms with van der Waals surface area (Å²) in [6.07, 6.45) is -7.75. The van der Waals surface area contributed by atoms with Gasteiger partial charge in [0.2, 0.25) is 0 Å². The lowest BCUT2D eigenvalue weighted by Gasteiger charge is -2.30. The van der Waals surface area contributed by atoms with E-state index in [1.165, 1.54) is 6.92 Å². The van der Waals surface area contributed by atoms with Crippen molar-refractivity contribution >= 4 is 0 Å². The average Bonchev–Trinajstić information content (AvgIpc) is 2.04. The summed E-state index contributed by atoms with van der Waals surface area (Å²) < 4.78 is 74.9. The number of alkyl halides is 6. The molecule has 0 aromatic rings. The average molecular weight is 244 g/mol. The Balaban J connectivity index is 3.13. The van der Waals surface area contributed by atoms with Crippen LogP contribution in [0, 0.1) is 11.8 Å². The molecule has 6 heteroatoms. The molecule has 1 aliphatic rings. The minimum atomic E-state index is -4.71. The van der Waals surface area contributed by atoms with Crippen LogP contribution in [0.1, 0.15) is 13.8 Å². The predicted molar refractivity (Wildman–Crippen MR) is 46.6 cm³/mol. The standard InChI is InChI=1S/C10H10F6/c1-5-3-7(9(11,12)13)6(2)8(4-5)10(14,15)16/h3-4,6-7H,1-2H3. The summed E-state index contributed by atoms with van der Waals surface area (Å²) in [6, 6.07) is 0. The van der Waals surface area contributed by atoms with Gasteiger partial charge in [-0.1, -0.05) is 24.6 Å². The van der Waals surface area contributed by atoms with Crippen LogP contribution in [0.25, 0.3) is 0 Å². The molecular weight excluding hydrogens is 234 g/mol. The molecule has 2 atom stereocenters. The number of rotatable bonds is 0. The summed E-state index contributed by atoms with van der Waals surface area (Å²) in [5.41, 5.74) is -1.12. The van der Waals surface area contributed by atoms with E-state index >= 15 is 0 Å². The van der Waals surface area contributed by atoms with Crippen molar-refractivity contribution in [1.29, 1.82) is 0 Å². The van der Waals surface area contributed by atoms with E-state index in [-0.39, 0.29) is 5.57 Å². The monoisotopic (exact) mass is 244 g/mol. The van der Waals surface area contributed by atoms with Crippen LogP contribution in [0.2, 0.25) is 0 Å². The Bertz CT molecular complexity index is 330. The second-order valence-corrected chi connectivity index (χ2v) is 3.86. The van der Waals surface area contributed by atoms with Crippen LogP contribution in [0.5, 0.6) is 0 Å². The van der Waals surface area contributed by atoms with Crippen LogP contribution in [0.15, 0.2) is 23.3 Å². The molecule has 0 nitrogen and oxygen atoms in total. The first-order chi connectivity index (χ1) is 7.03. The smallest absolute Gasteiger partial charge is 0.170 e. The van der Waals surface area contributed by atoms with Crippen molar-refractivity contribution in [2.24, 2.45) is 11.8 Å². The highest BCUT2D eigenvalue weighted by molar-refractivity contribution is 5.33. The van der Waals surface area contributed by atoms with Crippen LogP contribution in [0.3, 0.4) is 0 Å². The first kappa shape index (κ1) is 13.1. The van der Waals surface area contributed by atoms with E-state index in [2.05, 4.69) is 0 Å². The molecular formula is C10H10F6. The molecule has 0 aliphatic heterocycles. The van der Waals surface area contributed by atoms with Gasteiger partial charge in [-0.15, -0.1) is 0 Å². The van der Waals surface area contributed by atoms with Gasteiger partial charge in [0.15, 0.2) is 0 Å². The zero-order chi connectivity index (χ0) is 12.7. The first-order valence-corrected chi connectivity index (χ1v) is 4.57. The third kappa shape index (κ3) is 2.59. The van der Waals surface area contributed by atoms with Crippen LogP contribution >= 0.6 is 0 Å². The maximum atomic E-state index is 12.5. The summed E-state index contributed by atoms with van der Waals surface area (Å²) >= 11 is 0. The van der Waals surface area contributed by atoms with Gasteiger partial charge in [0, 0.05) is 11.5 Å². The lowest BCUT2D eigenvalue weighted by Crippen LogP contribution is -2.34. The molecule has 0 heterocycles. The lowest BCUT2D eigenvalue weighted by molar-refractivity contribution is -0.177. The Morgan fingerprint density at radius 2 is 1.56 bits per heavy atom. The largest absolute Gasteiger partial charge is 0.412 e. The summed E-state index contributed by atoms with van der Waals surface area (Å²) in [5, 5.41) is 0. The van der Waals surface area contributed by atoms with E-state index in [9.17, 15) is 26.3 Å². The van der Waals surface area contributed by atoms with E-state index in [1.807, 2.05) is 0 Å². The molecule has 0 aromatic heterocycles. The van der Waals surface area contributed by atoms with Gasteiger partial charge in [0.25, 0.3) is 0 Å². The fourth-order valence-electron chi connectivity index (χ4n) is 1.76. The Morgan fingerprint density at radius 1 is 1.06 bits per heavy atom. The molecule has 0 radical (unpaired) electrons. The molecule has 0 saturated carbocycles. The Hall–Kier alpha value is -0.940. The zero-order valence-corrected chi connectivity index (χ0v) is 8.58. The normalized spacial score (nSPS) is 27.5. The molecule has 0 N–H and O–H groups in total. The van der Waals surface area contributed by atoms with Gasteiger partial charge in [0.1, 0.15) is 0 Å². The van der Waals surface area contributed by atoms with Gasteiger partial charge in [-0.3, -0.25) is 0 Å². The van der Waals surface area contributed by atoms with E-state index in [0.717, 1.165) is 19.1 Å².